The molecule has 0 amide bonds. The molecule has 2 fully saturated rings. The van der Waals surface area contributed by atoms with Crippen molar-refractivity contribution in [2.45, 2.75) is 57.1 Å². The smallest absolute Gasteiger partial charge is 0.326 e. The minimum atomic E-state index is -0.810. The minimum absolute atomic E-state index is 0.0690. The van der Waals surface area contributed by atoms with E-state index < -0.39 is 5.54 Å². The highest BCUT2D eigenvalue weighted by molar-refractivity contribution is 5.80. The van der Waals surface area contributed by atoms with Gasteiger partial charge < -0.3 is 15.2 Å². The summed E-state index contributed by atoms with van der Waals surface area (Å²) in [5, 5.41) is 0. The van der Waals surface area contributed by atoms with Crippen molar-refractivity contribution in [1.29, 1.82) is 0 Å². The Labute approximate surface area is 103 Å². The Morgan fingerprint density at radius 2 is 1.94 bits per heavy atom. The first-order valence-corrected chi connectivity index (χ1v) is 6.69. The third-order valence-electron chi connectivity index (χ3n) is 4.08. The van der Waals surface area contributed by atoms with Crippen LogP contribution in [0, 0.1) is 5.92 Å². The van der Waals surface area contributed by atoms with E-state index in [1.165, 1.54) is 6.42 Å². The van der Waals surface area contributed by atoms with E-state index in [2.05, 4.69) is 6.92 Å². The zero-order valence-corrected chi connectivity index (χ0v) is 10.6. The van der Waals surface area contributed by atoms with Crippen LogP contribution >= 0.6 is 0 Å². The van der Waals surface area contributed by atoms with Gasteiger partial charge in [0, 0.05) is 13.2 Å². The van der Waals surface area contributed by atoms with Crippen LogP contribution in [0.2, 0.25) is 0 Å². The lowest BCUT2D eigenvalue weighted by molar-refractivity contribution is -0.163. The van der Waals surface area contributed by atoms with Gasteiger partial charge in [0.15, 0.2) is 0 Å². The van der Waals surface area contributed by atoms with Gasteiger partial charge in [-0.1, -0.05) is 13.3 Å². The molecule has 1 aliphatic carbocycles. The molecular weight excluding hydrogens is 218 g/mol. The molecule has 1 saturated carbocycles. The fourth-order valence-corrected chi connectivity index (χ4v) is 2.65. The molecule has 2 atom stereocenters. The summed E-state index contributed by atoms with van der Waals surface area (Å²) in [7, 11) is 0. The minimum Gasteiger partial charge on any atom is -0.461 e. The molecule has 17 heavy (non-hydrogen) atoms. The van der Waals surface area contributed by atoms with Crippen LogP contribution in [0.3, 0.4) is 0 Å². The van der Waals surface area contributed by atoms with E-state index in [0.29, 0.717) is 32.0 Å². The first-order chi connectivity index (χ1) is 8.12. The summed E-state index contributed by atoms with van der Waals surface area (Å²) in [6, 6.07) is 0. The molecule has 2 unspecified atom stereocenters. The quantitative estimate of drug-likeness (QED) is 0.746. The van der Waals surface area contributed by atoms with Crippen LogP contribution in [0.25, 0.3) is 0 Å². The van der Waals surface area contributed by atoms with Crippen molar-refractivity contribution < 1.29 is 14.3 Å². The molecule has 0 aromatic rings. The topological polar surface area (TPSA) is 61.5 Å². The summed E-state index contributed by atoms with van der Waals surface area (Å²) in [5.74, 6) is 0.246. The average Bonchev–Trinajstić information content (AvgIpc) is 2.33. The number of hydrogen-bond donors (Lipinski definition) is 1. The Hall–Kier alpha value is -0.610. The SMILES string of the molecule is CC1CCCCC1OC(=O)C1(N)CCOCC1. The zero-order valence-electron chi connectivity index (χ0n) is 10.6. The summed E-state index contributed by atoms with van der Waals surface area (Å²) in [6.45, 7) is 3.28. The average molecular weight is 241 g/mol. The van der Waals surface area contributed by atoms with Crippen molar-refractivity contribution in [3.63, 3.8) is 0 Å². The predicted octanol–water partition coefficient (Wildman–Crippen LogP) is 1.62. The van der Waals surface area contributed by atoms with Gasteiger partial charge in [0.1, 0.15) is 11.6 Å². The summed E-state index contributed by atoms with van der Waals surface area (Å²) < 4.78 is 10.9. The lowest BCUT2D eigenvalue weighted by Crippen LogP contribution is -2.54. The normalized spacial score (nSPS) is 33.1. The largest absolute Gasteiger partial charge is 0.461 e. The number of nitrogens with two attached hydrogens (primary N) is 1. The Kier molecular flexibility index (Phi) is 4.05. The van der Waals surface area contributed by atoms with Crippen LogP contribution in [-0.4, -0.2) is 30.8 Å². The first kappa shape index (κ1) is 12.8. The lowest BCUT2D eigenvalue weighted by atomic mass is 9.87. The zero-order chi connectivity index (χ0) is 12.3. The van der Waals surface area contributed by atoms with E-state index >= 15 is 0 Å². The molecule has 4 nitrogen and oxygen atoms in total. The maximum atomic E-state index is 12.1. The lowest BCUT2D eigenvalue weighted by Gasteiger charge is -2.35. The van der Waals surface area contributed by atoms with E-state index in [4.69, 9.17) is 15.2 Å². The van der Waals surface area contributed by atoms with Gasteiger partial charge in [-0.05, 0) is 38.0 Å². The van der Waals surface area contributed by atoms with Crippen LogP contribution < -0.4 is 5.73 Å². The maximum absolute atomic E-state index is 12.1. The molecule has 1 saturated heterocycles. The van der Waals surface area contributed by atoms with E-state index in [1.807, 2.05) is 0 Å². The summed E-state index contributed by atoms with van der Waals surface area (Å²) in [5.41, 5.74) is 5.30. The molecular formula is C13H23NO3. The number of carbonyl (C=O) groups excluding carboxylic acids is 1. The van der Waals surface area contributed by atoms with Gasteiger partial charge in [0.05, 0.1) is 0 Å². The molecule has 1 aliphatic heterocycles. The Morgan fingerprint density at radius 1 is 1.29 bits per heavy atom. The molecule has 0 radical (unpaired) electrons. The maximum Gasteiger partial charge on any atom is 0.326 e. The van der Waals surface area contributed by atoms with Crippen molar-refractivity contribution in [1.82, 2.24) is 0 Å². The fraction of sp³-hybridized carbons (Fsp3) is 0.923. The first-order valence-electron chi connectivity index (χ1n) is 6.69. The predicted molar refractivity (Wildman–Crippen MR) is 64.5 cm³/mol. The van der Waals surface area contributed by atoms with Gasteiger partial charge in [-0.15, -0.1) is 0 Å². The number of ether oxygens (including phenoxy) is 2. The van der Waals surface area contributed by atoms with Crippen molar-refractivity contribution in [2.24, 2.45) is 11.7 Å². The molecule has 1 heterocycles. The summed E-state index contributed by atoms with van der Waals surface area (Å²) in [6.07, 6.45) is 5.76. The third kappa shape index (κ3) is 2.99. The highest BCUT2D eigenvalue weighted by Crippen LogP contribution is 2.28. The number of esters is 1. The molecule has 98 valence electrons. The molecule has 2 N–H and O–H groups in total. The standard InChI is InChI=1S/C13H23NO3/c1-10-4-2-3-5-11(10)17-12(15)13(14)6-8-16-9-7-13/h10-11H,2-9,14H2,1H3. The Balaban J connectivity index is 1.90. The van der Waals surface area contributed by atoms with E-state index in [0.717, 1.165) is 19.3 Å². The second-order valence-corrected chi connectivity index (χ2v) is 5.47. The van der Waals surface area contributed by atoms with Gasteiger partial charge in [-0.25, -0.2) is 0 Å². The third-order valence-corrected chi connectivity index (χ3v) is 4.08. The Morgan fingerprint density at radius 3 is 2.59 bits per heavy atom. The summed E-state index contributed by atoms with van der Waals surface area (Å²) >= 11 is 0. The molecule has 0 aromatic heterocycles. The summed E-state index contributed by atoms with van der Waals surface area (Å²) in [4.78, 5) is 12.1. The van der Waals surface area contributed by atoms with Gasteiger partial charge in [-0.3, -0.25) is 4.79 Å². The monoisotopic (exact) mass is 241 g/mol. The second-order valence-electron chi connectivity index (χ2n) is 5.47. The molecule has 2 aliphatic rings. The Bertz CT molecular complexity index is 274. The molecule has 0 spiro atoms. The van der Waals surface area contributed by atoms with E-state index in [-0.39, 0.29) is 12.1 Å². The van der Waals surface area contributed by atoms with Crippen molar-refractivity contribution in [2.75, 3.05) is 13.2 Å². The van der Waals surface area contributed by atoms with E-state index in [1.54, 1.807) is 0 Å². The molecule has 0 bridgehead atoms. The van der Waals surface area contributed by atoms with Gasteiger partial charge in [-0.2, -0.15) is 0 Å². The van der Waals surface area contributed by atoms with Crippen LogP contribution in [0.15, 0.2) is 0 Å². The van der Waals surface area contributed by atoms with Crippen molar-refractivity contribution in [3.8, 4) is 0 Å². The number of rotatable bonds is 2. The van der Waals surface area contributed by atoms with Gasteiger partial charge in [0.2, 0.25) is 0 Å². The van der Waals surface area contributed by atoms with E-state index in [9.17, 15) is 4.79 Å². The highest BCUT2D eigenvalue weighted by Gasteiger charge is 2.39. The van der Waals surface area contributed by atoms with Crippen LogP contribution in [0.4, 0.5) is 0 Å². The molecule has 2 rings (SSSR count). The molecule has 0 aromatic carbocycles. The van der Waals surface area contributed by atoms with Crippen molar-refractivity contribution in [3.05, 3.63) is 0 Å². The highest BCUT2D eigenvalue weighted by atomic mass is 16.5. The number of hydrogen-bond acceptors (Lipinski definition) is 4. The fourth-order valence-electron chi connectivity index (χ4n) is 2.65. The molecule has 4 heteroatoms. The van der Waals surface area contributed by atoms with Crippen LogP contribution in [-0.2, 0) is 14.3 Å². The van der Waals surface area contributed by atoms with Gasteiger partial charge in [0.25, 0.3) is 0 Å². The van der Waals surface area contributed by atoms with Crippen LogP contribution in [0.1, 0.15) is 45.4 Å². The van der Waals surface area contributed by atoms with Crippen molar-refractivity contribution >= 4 is 5.97 Å². The number of carbonyl (C=O) groups is 1. The van der Waals surface area contributed by atoms with Crippen LogP contribution in [0.5, 0.6) is 0 Å². The second kappa shape index (κ2) is 5.36. The van der Waals surface area contributed by atoms with Gasteiger partial charge >= 0.3 is 5.97 Å².